The highest BCUT2D eigenvalue weighted by Crippen LogP contribution is 2.42. The molecule has 1 N–H and O–H groups in total. The Bertz CT molecular complexity index is 1170. The standard InChI is InChI=1S/C34H42F2O8/c1-4-9-24(10-5-2)22-42-34(39)44-23(3)43-33(38)13-8-11-25-14-16-28-27(30(37)20-31(28)41-21-25)12-6-7-18-40-32-19-26(35)15-17-29(32)36/h1-2,6,12,15,17,19,23-25,27-28,30-31,37H,7-11,13-14,16,18,20-22H2,3H3/b12-6+/t23?,25-,27+,28+,30+,31-/m0/s1. The van der Waals surface area contributed by atoms with E-state index in [1.807, 2.05) is 12.2 Å². The van der Waals surface area contributed by atoms with E-state index in [1.165, 1.54) is 6.92 Å². The Balaban J connectivity index is 1.33. The molecule has 44 heavy (non-hydrogen) atoms. The summed E-state index contributed by atoms with van der Waals surface area (Å²) in [6.45, 7) is 2.20. The third-order valence-corrected chi connectivity index (χ3v) is 7.94. The molecule has 1 aliphatic heterocycles. The molecule has 2 aliphatic rings. The highest BCUT2D eigenvalue weighted by atomic mass is 19.1. The molecule has 1 aliphatic carbocycles. The number of esters is 1. The molecule has 1 saturated carbocycles. The van der Waals surface area contributed by atoms with Crippen molar-refractivity contribution in [3.63, 3.8) is 0 Å². The SMILES string of the molecule is C#CCC(CC#C)COC(=O)OC(C)OC(=O)CCC[C@H]1CC[C@@H]2[C@@H](/C=C/CCOc3cc(F)ccc3F)[C@H](O)C[C@@H]2OC1. The number of hydrogen-bond donors (Lipinski definition) is 1. The van der Waals surface area contributed by atoms with Crippen LogP contribution in [0.3, 0.4) is 0 Å². The number of ether oxygens (including phenoxy) is 5. The zero-order valence-corrected chi connectivity index (χ0v) is 25.1. The van der Waals surface area contributed by atoms with E-state index >= 15 is 0 Å². The monoisotopic (exact) mass is 616 g/mol. The fraction of sp³-hybridized carbons (Fsp3) is 0.588. The average Bonchev–Trinajstić information content (AvgIpc) is 3.14. The Morgan fingerprint density at radius 1 is 1.18 bits per heavy atom. The van der Waals surface area contributed by atoms with Crippen molar-refractivity contribution < 1.29 is 47.2 Å². The summed E-state index contributed by atoms with van der Waals surface area (Å²) in [5.41, 5.74) is 0. The van der Waals surface area contributed by atoms with Gasteiger partial charge in [0.25, 0.3) is 0 Å². The van der Waals surface area contributed by atoms with E-state index in [0.29, 0.717) is 38.7 Å². The highest BCUT2D eigenvalue weighted by Gasteiger charge is 2.43. The molecule has 1 heterocycles. The molecule has 1 unspecified atom stereocenters. The Kier molecular flexibility index (Phi) is 14.5. The van der Waals surface area contributed by atoms with Crippen molar-refractivity contribution in [2.75, 3.05) is 19.8 Å². The van der Waals surface area contributed by atoms with Crippen molar-refractivity contribution in [1.82, 2.24) is 0 Å². The number of aliphatic hydroxyl groups is 1. The van der Waals surface area contributed by atoms with Crippen LogP contribution in [0.2, 0.25) is 0 Å². The van der Waals surface area contributed by atoms with E-state index in [1.54, 1.807) is 0 Å². The molecule has 1 aromatic rings. The van der Waals surface area contributed by atoms with Crippen LogP contribution < -0.4 is 4.74 Å². The van der Waals surface area contributed by atoms with Gasteiger partial charge in [0, 0.05) is 57.1 Å². The van der Waals surface area contributed by atoms with Crippen molar-refractivity contribution in [3.05, 3.63) is 42.0 Å². The van der Waals surface area contributed by atoms with Crippen molar-refractivity contribution in [2.45, 2.75) is 83.2 Å². The number of benzene rings is 1. The average molecular weight is 617 g/mol. The van der Waals surface area contributed by atoms with Crippen molar-refractivity contribution in [1.29, 1.82) is 0 Å². The summed E-state index contributed by atoms with van der Waals surface area (Å²) in [4.78, 5) is 24.2. The number of carbonyl (C=O) groups excluding carboxylic acids is 2. The number of fused-ring (bicyclic) bond motifs is 1. The molecule has 1 saturated heterocycles. The third kappa shape index (κ3) is 11.5. The molecule has 0 spiro atoms. The molecular weight excluding hydrogens is 574 g/mol. The Morgan fingerprint density at radius 3 is 2.70 bits per heavy atom. The summed E-state index contributed by atoms with van der Waals surface area (Å²) in [6, 6.07) is 3.08. The van der Waals surface area contributed by atoms with Crippen LogP contribution in [-0.4, -0.2) is 55.5 Å². The molecule has 0 aromatic heterocycles. The zero-order valence-electron chi connectivity index (χ0n) is 25.1. The topological polar surface area (TPSA) is 101 Å². The summed E-state index contributed by atoms with van der Waals surface area (Å²) in [5, 5.41) is 10.6. The van der Waals surface area contributed by atoms with Crippen LogP contribution in [0, 0.1) is 60.0 Å². The number of carbonyl (C=O) groups is 2. The quantitative estimate of drug-likeness (QED) is 0.0848. The first kappa shape index (κ1) is 34.9. The molecule has 2 fully saturated rings. The second-order valence-electron chi connectivity index (χ2n) is 11.3. The fourth-order valence-electron chi connectivity index (χ4n) is 5.70. The van der Waals surface area contributed by atoms with Gasteiger partial charge in [-0.2, -0.15) is 0 Å². The van der Waals surface area contributed by atoms with Crippen molar-refractivity contribution in [2.24, 2.45) is 23.7 Å². The molecule has 240 valence electrons. The van der Waals surface area contributed by atoms with Crippen LogP contribution in [0.4, 0.5) is 13.6 Å². The largest absolute Gasteiger partial charge is 0.511 e. The summed E-state index contributed by atoms with van der Waals surface area (Å²) in [5.74, 6) is 3.40. The van der Waals surface area contributed by atoms with Gasteiger partial charge in [0.05, 0.1) is 25.4 Å². The summed E-state index contributed by atoms with van der Waals surface area (Å²) < 4.78 is 53.7. The van der Waals surface area contributed by atoms with E-state index in [9.17, 15) is 23.5 Å². The van der Waals surface area contributed by atoms with Gasteiger partial charge in [-0.25, -0.2) is 13.6 Å². The first-order chi connectivity index (χ1) is 21.2. The van der Waals surface area contributed by atoms with Gasteiger partial charge in [-0.15, -0.1) is 24.7 Å². The lowest BCUT2D eigenvalue weighted by atomic mass is 9.86. The van der Waals surface area contributed by atoms with Crippen LogP contribution in [-0.2, 0) is 23.7 Å². The van der Waals surface area contributed by atoms with Crippen LogP contribution in [0.25, 0.3) is 0 Å². The second kappa shape index (κ2) is 18.3. The van der Waals surface area contributed by atoms with Gasteiger partial charge in [0.1, 0.15) is 5.82 Å². The summed E-state index contributed by atoms with van der Waals surface area (Å²) in [6.07, 6.45) is 16.9. The molecule has 10 heteroatoms. The number of rotatable bonds is 15. The molecular formula is C34H42F2O8. The highest BCUT2D eigenvalue weighted by molar-refractivity contribution is 5.69. The zero-order chi connectivity index (χ0) is 31.9. The van der Waals surface area contributed by atoms with Crippen LogP contribution >= 0.6 is 0 Å². The van der Waals surface area contributed by atoms with Crippen molar-refractivity contribution >= 4 is 12.1 Å². The predicted octanol–water partition coefficient (Wildman–Crippen LogP) is 5.96. The Hall–Kier alpha value is -3.60. The number of halogens is 2. The maximum Gasteiger partial charge on any atom is 0.511 e. The maximum atomic E-state index is 13.7. The first-order valence-corrected chi connectivity index (χ1v) is 15.1. The smallest absolute Gasteiger partial charge is 0.490 e. The lowest BCUT2D eigenvalue weighted by molar-refractivity contribution is -0.168. The Morgan fingerprint density at radius 2 is 1.95 bits per heavy atom. The summed E-state index contributed by atoms with van der Waals surface area (Å²) >= 11 is 0. The fourth-order valence-corrected chi connectivity index (χ4v) is 5.70. The molecule has 0 bridgehead atoms. The van der Waals surface area contributed by atoms with E-state index in [-0.39, 0.29) is 55.2 Å². The maximum absolute atomic E-state index is 13.7. The van der Waals surface area contributed by atoms with E-state index < -0.39 is 36.2 Å². The van der Waals surface area contributed by atoms with Crippen LogP contribution in [0.1, 0.15) is 64.7 Å². The number of terminal acetylenes is 2. The van der Waals surface area contributed by atoms with Gasteiger partial charge in [0.2, 0.25) is 6.29 Å². The molecule has 3 rings (SSSR count). The van der Waals surface area contributed by atoms with Crippen molar-refractivity contribution in [3.8, 4) is 30.4 Å². The van der Waals surface area contributed by atoms with Crippen LogP contribution in [0.5, 0.6) is 5.75 Å². The van der Waals surface area contributed by atoms with E-state index in [2.05, 4.69) is 11.8 Å². The van der Waals surface area contributed by atoms with Gasteiger partial charge < -0.3 is 28.8 Å². The molecule has 1 aromatic carbocycles. The van der Waals surface area contributed by atoms with Crippen LogP contribution in [0.15, 0.2) is 30.4 Å². The lowest BCUT2D eigenvalue weighted by Crippen LogP contribution is -2.24. The minimum atomic E-state index is -1.10. The molecule has 0 amide bonds. The first-order valence-electron chi connectivity index (χ1n) is 15.1. The number of aliphatic hydroxyl groups excluding tert-OH is 1. The normalized spacial score (nSPS) is 23.7. The molecule has 8 nitrogen and oxygen atoms in total. The molecule has 0 radical (unpaired) electrons. The van der Waals surface area contributed by atoms with E-state index in [0.717, 1.165) is 37.5 Å². The third-order valence-electron chi connectivity index (χ3n) is 7.94. The Labute approximate surface area is 258 Å². The lowest BCUT2D eigenvalue weighted by Gasteiger charge is -2.20. The van der Waals surface area contributed by atoms with Gasteiger partial charge >= 0.3 is 12.1 Å². The summed E-state index contributed by atoms with van der Waals surface area (Å²) in [7, 11) is 0. The number of hydrogen-bond acceptors (Lipinski definition) is 8. The van der Waals surface area contributed by atoms with Gasteiger partial charge in [-0.1, -0.05) is 12.2 Å². The minimum absolute atomic E-state index is 0.0182. The molecule has 6 atom stereocenters. The van der Waals surface area contributed by atoms with Gasteiger partial charge in [-0.05, 0) is 56.1 Å². The van der Waals surface area contributed by atoms with E-state index in [4.69, 9.17) is 36.5 Å². The second-order valence-corrected chi connectivity index (χ2v) is 11.3. The van der Waals surface area contributed by atoms with Gasteiger partial charge in [-0.3, -0.25) is 4.79 Å². The minimum Gasteiger partial charge on any atom is -0.490 e. The predicted molar refractivity (Wildman–Crippen MR) is 158 cm³/mol. The van der Waals surface area contributed by atoms with Gasteiger partial charge in [0.15, 0.2) is 11.6 Å².